The summed E-state index contributed by atoms with van der Waals surface area (Å²) in [5.41, 5.74) is 3.69. The van der Waals surface area contributed by atoms with Crippen LogP contribution < -0.4 is 0 Å². The number of rotatable bonds is 5. The molecule has 0 aliphatic rings. The van der Waals surface area contributed by atoms with Crippen molar-refractivity contribution in [2.75, 3.05) is 0 Å². The highest BCUT2D eigenvalue weighted by atomic mass is 35.5. The first-order valence-electron chi connectivity index (χ1n) is 7.44. The topological polar surface area (TPSA) is 30.7 Å². The molecule has 0 saturated heterocycles. The van der Waals surface area contributed by atoms with Gasteiger partial charge in [0.05, 0.1) is 0 Å². The number of hydrogen-bond donors (Lipinski definition) is 0. The summed E-state index contributed by atoms with van der Waals surface area (Å²) in [6, 6.07) is 7.92. The zero-order valence-corrected chi connectivity index (χ0v) is 15.7. The van der Waals surface area contributed by atoms with E-state index in [1.54, 1.807) is 23.1 Å². The second kappa shape index (κ2) is 7.07. The fraction of sp³-hybridized carbons (Fsp3) is 0.294. The van der Waals surface area contributed by atoms with Crippen LogP contribution in [0, 0.1) is 6.92 Å². The number of aromatic nitrogens is 3. The van der Waals surface area contributed by atoms with E-state index in [1.807, 2.05) is 31.3 Å². The second-order valence-corrected chi connectivity index (χ2v) is 7.72. The molecule has 2 aromatic heterocycles. The number of aryl methyl sites for hydroxylation is 1. The lowest BCUT2D eigenvalue weighted by atomic mass is 10.1. The molecule has 0 N–H and O–H groups in total. The molecule has 1 aromatic carbocycles. The first kappa shape index (κ1) is 16.6. The van der Waals surface area contributed by atoms with Gasteiger partial charge in [0.25, 0.3) is 0 Å². The largest absolute Gasteiger partial charge is 0.305 e. The van der Waals surface area contributed by atoms with Crippen molar-refractivity contribution in [2.45, 2.75) is 31.2 Å². The molecule has 0 atom stereocenters. The van der Waals surface area contributed by atoms with Crippen LogP contribution in [-0.2, 0) is 19.2 Å². The fourth-order valence-electron chi connectivity index (χ4n) is 2.54. The van der Waals surface area contributed by atoms with Gasteiger partial charge in [0.2, 0.25) is 0 Å². The van der Waals surface area contributed by atoms with E-state index >= 15 is 0 Å². The third kappa shape index (κ3) is 3.32. The Balaban J connectivity index is 1.84. The van der Waals surface area contributed by atoms with E-state index in [2.05, 4.69) is 34.0 Å². The smallest absolute Gasteiger partial charge is 0.191 e. The summed E-state index contributed by atoms with van der Waals surface area (Å²) >= 11 is 9.65. The van der Waals surface area contributed by atoms with E-state index in [0.29, 0.717) is 0 Å². The van der Waals surface area contributed by atoms with Gasteiger partial charge < -0.3 is 4.57 Å². The summed E-state index contributed by atoms with van der Waals surface area (Å²) < 4.78 is 2.07. The molecule has 0 spiro atoms. The van der Waals surface area contributed by atoms with Crippen LogP contribution in [0.15, 0.2) is 34.8 Å². The number of benzene rings is 1. The molecule has 0 bridgehead atoms. The average molecular weight is 364 g/mol. The lowest BCUT2D eigenvalue weighted by molar-refractivity contribution is 0.793. The molecule has 0 amide bonds. The first-order chi connectivity index (χ1) is 11.1. The van der Waals surface area contributed by atoms with E-state index in [4.69, 9.17) is 11.6 Å². The van der Waals surface area contributed by atoms with E-state index in [1.165, 1.54) is 16.0 Å². The van der Waals surface area contributed by atoms with Crippen molar-refractivity contribution in [3.05, 3.63) is 50.7 Å². The molecule has 2 heterocycles. The third-order valence-corrected chi connectivity index (χ3v) is 6.24. The molecule has 23 heavy (non-hydrogen) atoms. The molecule has 0 radical (unpaired) electrons. The molecule has 120 valence electrons. The lowest BCUT2D eigenvalue weighted by Crippen LogP contribution is -1.96. The molecule has 0 saturated carbocycles. The van der Waals surface area contributed by atoms with E-state index in [-0.39, 0.29) is 0 Å². The third-order valence-electron chi connectivity index (χ3n) is 3.85. The van der Waals surface area contributed by atoms with E-state index in [0.717, 1.165) is 33.7 Å². The van der Waals surface area contributed by atoms with Crippen LogP contribution in [0.1, 0.15) is 22.9 Å². The fourth-order valence-corrected chi connectivity index (χ4v) is 4.67. The van der Waals surface area contributed by atoms with Crippen LogP contribution in [0.3, 0.4) is 0 Å². The van der Waals surface area contributed by atoms with Crippen LogP contribution >= 0.6 is 34.7 Å². The van der Waals surface area contributed by atoms with Crippen molar-refractivity contribution >= 4 is 34.7 Å². The van der Waals surface area contributed by atoms with Gasteiger partial charge in [-0.3, -0.25) is 0 Å². The molecular formula is C17H18ClN3S2. The Morgan fingerprint density at radius 3 is 2.78 bits per heavy atom. The summed E-state index contributed by atoms with van der Waals surface area (Å²) in [7, 11) is 2.02. The maximum atomic E-state index is 6.22. The maximum absolute atomic E-state index is 6.22. The molecule has 0 aliphatic carbocycles. The Morgan fingerprint density at radius 1 is 1.26 bits per heavy atom. The number of thioether (sulfide) groups is 1. The van der Waals surface area contributed by atoms with Crippen molar-refractivity contribution in [1.82, 2.24) is 14.8 Å². The van der Waals surface area contributed by atoms with Crippen molar-refractivity contribution < 1.29 is 0 Å². The summed E-state index contributed by atoms with van der Waals surface area (Å²) in [5.74, 6) is 1.72. The highest BCUT2D eigenvalue weighted by molar-refractivity contribution is 7.98. The van der Waals surface area contributed by atoms with E-state index in [9.17, 15) is 0 Å². The SMILES string of the molecule is CCc1c(-c2nnc(SCc3ccccc3Cl)n2C)csc1C. The molecular weight excluding hydrogens is 346 g/mol. The summed E-state index contributed by atoms with van der Waals surface area (Å²) in [6.45, 7) is 4.35. The summed E-state index contributed by atoms with van der Waals surface area (Å²) in [4.78, 5) is 1.36. The van der Waals surface area contributed by atoms with E-state index < -0.39 is 0 Å². The van der Waals surface area contributed by atoms with Gasteiger partial charge in [0.1, 0.15) is 0 Å². The Hall–Kier alpha value is -1.30. The van der Waals surface area contributed by atoms with Gasteiger partial charge in [0, 0.05) is 33.6 Å². The number of halogens is 1. The number of nitrogens with zero attached hydrogens (tertiary/aromatic N) is 3. The number of hydrogen-bond acceptors (Lipinski definition) is 4. The molecule has 0 unspecified atom stereocenters. The predicted octanol–water partition coefficient (Wildman–Crippen LogP) is 5.36. The van der Waals surface area contributed by atoms with Crippen molar-refractivity contribution in [3.8, 4) is 11.4 Å². The number of thiophene rings is 1. The normalized spacial score (nSPS) is 11.1. The zero-order valence-electron chi connectivity index (χ0n) is 13.3. The van der Waals surface area contributed by atoms with Crippen molar-refractivity contribution in [1.29, 1.82) is 0 Å². The van der Waals surface area contributed by atoms with Gasteiger partial charge in [-0.1, -0.05) is 48.5 Å². The molecule has 3 aromatic rings. The Labute approximate surface area is 149 Å². The van der Waals surface area contributed by atoms with Crippen LogP contribution in [0.4, 0.5) is 0 Å². The molecule has 3 nitrogen and oxygen atoms in total. The van der Waals surface area contributed by atoms with Crippen molar-refractivity contribution in [2.24, 2.45) is 7.05 Å². The maximum Gasteiger partial charge on any atom is 0.191 e. The highest BCUT2D eigenvalue weighted by Crippen LogP contribution is 2.33. The lowest BCUT2D eigenvalue weighted by Gasteiger charge is -2.06. The van der Waals surface area contributed by atoms with Gasteiger partial charge in [-0.25, -0.2) is 0 Å². The zero-order chi connectivity index (χ0) is 16.4. The van der Waals surface area contributed by atoms with Crippen LogP contribution in [0.25, 0.3) is 11.4 Å². The van der Waals surface area contributed by atoms with Gasteiger partial charge >= 0.3 is 0 Å². The minimum atomic E-state index is 0.787. The quantitative estimate of drug-likeness (QED) is 0.571. The van der Waals surface area contributed by atoms with Crippen molar-refractivity contribution in [3.63, 3.8) is 0 Å². The van der Waals surface area contributed by atoms with Crippen LogP contribution in [-0.4, -0.2) is 14.8 Å². The summed E-state index contributed by atoms with van der Waals surface area (Å²) in [6.07, 6.45) is 1.01. The van der Waals surface area contributed by atoms with Crippen LogP contribution in [0.5, 0.6) is 0 Å². The molecule has 3 rings (SSSR count). The van der Waals surface area contributed by atoms with Gasteiger partial charge in [-0.15, -0.1) is 21.5 Å². The Morgan fingerprint density at radius 2 is 2.04 bits per heavy atom. The van der Waals surface area contributed by atoms with Crippen LogP contribution in [0.2, 0.25) is 5.02 Å². The summed E-state index contributed by atoms with van der Waals surface area (Å²) in [5, 5.41) is 12.7. The minimum absolute atomic E-state index is 0.787. The van der Waals surface area contributed by atoms with Gasteiger partial charge in [-0.2, -0.15) is 0 Å². The van der Waals surface area contributed by atoms with Gasteiger partial charge in [0.15, 0.2) is 11.0 Å². The molecule has 0 fully saturated rings. The molecule has 0 aliphatic heterocycles. The Bertz CT molecular complexity index is 823. The molecule has 6 heteroatoms. The monoisotopic (exact) mass is 363 g/mol. The van der Waals surface area contributed by atoms with Gasteiger partial charge in [-0.05, 0) is 30.5 Å². The first-order valence-corrected chi connectivity index (χ1v) is 9.69. The Kier molecular flexibility index (Phi) is 5.09. The second-order valence-electron chi connectivity index (χ2n) is 5.28. The standard InChI is InChI=1S/C17H18ClN3S2/c1-4-13-11(2)22-10-14(13)16-19-20-17(21(16)3)23-9-12-7-5-6-8-15(12)18/h5-8,10H,4,9H2,1-3H3. The highest BCUT2D eigenvalue weighted by Gasteiger charge is 2.16. The minimum Gasteiger partial charge on any atom is -0.305 e. The average Bonchev–Trinajstić information content (AvgIpc) is 3.09. The predicted molar refractivity (Wildman–Crippen MR) is 99.4 cm³/mol.